The second kappa shape index (κ2) is 5.85. The van der Waals surface area contributed by atoms with Crippen molar-refractivity contribution in [3.05, 3.63) is 17.0 Å². The first-order valence-electron chi connectivity index (χ1n) is 6.49. The van der Waals surface area contributed by atoms with Gasteiger partial charge in [0.2, 0.25) is 0 Å². The average Bonchev–Trinajstić information content (AvgIpc) is 2.75. The van der Waals surface area contributed by atoms with E-state index in [1.807, 2.05) is 6.07 Å². The summed E-state index contributed by atoms with van der Waals surface area (Å²) < 4.78 is 0. The maximum absolute atomic E-state index is 5.77. The van der Waals surface area contributed by atoms with Gasteiger partial charge in [-0.25, -0.2) is 0 Å². The van der Waals surface area contributed by atoms with E-state index in [0.717, 1.165) is 11.4 Å². The molecular weight excluding hydrogens is 230 g/mol. The number of piperazine rings is 1. The minimum atomic E-state index is 0.632. The summed E-state index contributed by atoms with van der Waals surface area (Å²) in [7, 11) is 0. The van der Waals surface area contributed by atoms with Crippen molar-refractivity contribution < 1.29 is 0 Å². The summed E-state index contributed by atoms with van der Waals surface area (Å²) >= 11 is 1.73. The molecule has 17 heavy (non-hydrogen) atoms. The molecule has 4 heteroatoms. The zero-order valence-electron chi connectivity index (χ0n) is 10.9. The number of hydrogen-bond donors (Lipinski definition) is 1. The number of nitrogens with two attached hydrogens (primary N) is 1. The van der Waals surface area contributed by atoms with Crippen LogP contribution in [0.2, 0.25) is 0 Å². The Kier molecular flexibility index (Phi) is 4.42. The summed E-state index contributed by atoms with van der Waals surface area (Å²) in [5, 5.41) is 0.933. The Morgan fingerprint density at radius 1 is 1.29 bits per heavy atom. The van der Waals surface area contributed by atoms with Crippen LogP contribution in [0.25, 0.3) is 0 Å². The molecular formula is C13H23N3S. The summed E-state index contributed by atoms with van der Waals surface area (Å²) in [6.45, 7) is 10.6. The second-order valence-corrected chi connectivity index (χ2v) is 6.03. The lowest BCUT2D eigenvalue weighted by Crippen LogP contribution is -2.49. The highest BCUT2D eigenvalue weighted by Crippen LogP contribution is 2.21. The van der Waals surface area contributed by atoms with E-state index in [4.69, 9.17) is 5.73 Å². The van der Waals surface area contributed by atoms with E-state index in [1.165, 1.54) is 37.6 Å². The van der Waals surface area contributed by atoms with Gasteiger partial charge in [-0.2, -0.15) is 0 Å². The van der Waals surface area contributed by atoms with Gasteiger partial charge in [0.25, 0.3) is 0 Å². The Hall–Kier alpha value is -0.580. The third-order valence-corrected chi connectivity index (χ3v) is 4.59. The third kappa shape index (κ3) is 3.44. The molecule has 1 aliphatic heterocycles. The molecule has 1 aromatic rings. The van der Waals surface area contributed by atoms with Crippen LogP contribution >= 0.6 is 11.3 Å². The van der Waals surface area contributed by atoms with Crippen LogP contribution < -0.4 is 5.73 Å². The first kappa shape index (κ1) is 12.9. The van der Waals surface area contributed by atoms with E-state index in [0.29, 0.717) is 6.04 Å². The van der Waals surface area contributed by atoms with Crippen molar-refractivity contribution in [1.82, 2.24) is 9.80 Å². The van der Waals surface area contributed by atoms with E-state index >= 15 is 0 Å². The van der Waals surface area contributed by atoms with Crippen molar-refractivity contribution in [3.63, 3.8) is 0 Å². The molecule has 1 saturated heterocycles. The number of nitrogen functional groups attached to an aromatic ring is 1. The Balaban J connectivity index is 1.82. The predicted octanol–water partition coefficient (Wildman–Crippen LogP) is 1.90. The van der Waals surface area contributed by atoms with Crippen LogP contribution in [0.15, 0.2) is 12.1 Å². The van der Waals surface area contributed by atoms with Crippen LogP contribution in [-0.2, 0) is 6.42 Å². The SMILES string of the molecule is CCN1CCN(C(C)Cc2ccc(N)s2)CC1. The Bertz CT molecular complexity index is 342. The maximum atomic E-state index is 5.77. The van der Waals surface area contributed by atoms with Gasteiger partial charge in [0.1, 0.15) is 0 Å². The Morgan fingerprint density at radius 2 is 2.00 bits per heavy atom. The van der Waals surface area contributed by atoms with E-state index in [1.54, 1.807) is 11.3 Å². The van der Waals surface area contributed by atoms with E-state index in [9.17, 15) is 0 Å². The molecule has 2 heterocycles. The molecule has 0 radical (unpaired) electrons. The van der Waals surface area contributed by atoms with Crippen LogP contribution in [0, 0.1) is 0 Å². The molecule has 2 N–H and O–H groups in total. The maximum Gasteiger partial charge on any atom is 0.0859 e. The minimum Gasteiger partial charge on any atom is -0.391 e. The standard InChI is InChI=1S/C13H23N3S/c1-3-15-6-8-16(9-7-15)11(2)10-12-4-5-13(14)17-12/h4-5,11H,3,6-10,14H2,1-2H3. The summed E-state index contributed by atoms with van der Waals surface area (Å²) in [5.41, 5.74) is 5.77. The van der Waals surface area contributed by atoms with Crippen molar-refractivity contribution in [2.75, 3.05) is 38.5 Å². The highest BCUT2D eigenvalue weighted by molar-refractivity contribution is 7.15. The molecule has 0 aliphatic carbocycles. The fourth-order valence-corrected chi connectivity index (χ4v) is 3.34. The zero-order chi connectivity index (χ0) is 12.3. The van der Waals surface area contributed by atoms with Crippen LogP contribution in [-0.4, -0.2) is 48.6 Å². The van der Waals surface area contributed by atoms with Gasteiger partial charge < -0.3 is 10.6 Å². The van der Waals surface area contributed by atoms with Gasteiger partial charge in [0, 0.05) is 37.1 Å². The molecule has 2 rings (SSSR count). The van der Waals surface area contributed by atoms with Crippen molar-refractivity contribution in [2.45, 2.75) is 26.3 Å². The predicted molar refractivity (Wildman–Crippen MR) is 75.6 cm³/mol. The zero-order valence-corrected chi connectivity index (χ0v) is 11.7. The van der Waals surface area contributed by atoms with E-state index in [2.05, 4.69) is 29.7 Å². The van der Waals surface area contributed by atoms with E-state index in [-0.39, 0.29) is 0 Å². The molecule has 0 aromatic carbocycles. The lowest BCUT2D eigenvalue weighted by molar-refractivity contribution is 0.106. The molecule has 0 spiro atoms. The second-order valence-electron chi connectivity index (χ2n) is 4.83. The smallest absolute Gasteiger partial charge is 0.0859 e. The number of rotatable bonds is 4. The molecule has 1 unspecified atom stereocenters. The van der Waals surface area contributed by atoms with Gasteiger partial charge in [0.05, 0.1) is 5.00 Å². The number of anilines is 1. The van der Waals surface area contributed by atoms with Crippen molar-refractivity contribution in [1.29, 1.82) is 0 Å². The van der Waals surface area contributed by atoms with Crippen molar-refractivity contribution >= 4 is 16.3 Å². The number of nitrogens with zero attached hydrogens (tertiary/aromatic N) is 2. The lowest BCUT2D eigenvalue weighted by atomic mass is 10.1. The summed E-state index contributed by atoms with van der Waals surface area (Å²) in [6, 6.07) is 4.81. The third-order valence-electron chi connectivity index (χ3n) is 3.66. The first-order valence-corrected chi connectivity index (χ1v) is 7.31. The molecule has 96 valence electrons. The van der Waals surface area contributed by atoms with Gasteiger partial charge in [-0.3, -0.25) is 4.90 Å². The highest BCUT2D eigenvalue weighted by Gasteiger charge is 2.20. The molecule has 0 saturated carbocycles. The van der Waals surface area contributed by atoms with Crippen LogP contribution in [0.1, 0.15) is 18.7 Å². The Labute approximate surface area is 108 Å². The van der Waals surface area contributed by atoms with Crippen LogP contribution in [0.3, 0.4) is 0 Å². The van der Waals surface area contributed by atoms with Gasteiger partial charge in [-0.05, 0) is 32.0 Å². The fraction of sp³-hybridized carbons (Fsp3) is 0.692. The number of hydrogen-bond acceptors (Lipinski definition) is 4. The topological polar surface area (TPSA) is 32.5 Å². The average molecular weight is 253 g/mol. The minimum absolute atomic E-state index is 0.632. The number of likely N-dealkylation sites (N-methyl/N-ethyl adjacent to an activating group) is 1. The van der Waals surface area contributed by atoms with Crippen molar-refractivity contribution in [3.8, 4) is 0 Å². The number of thiophene rings is 1. The fourth-order valence-electron chi connectivity index (χ4n) is 2.44. The molecule has 0 amide bonds. The van der Waals surface area contributed by atoms with Crippen molar-refractivity contribution in [2.24, 2.45) is 0 Å². The highest BCUT2D eigenvalue weighted by atomic mass is 32.1. The monoisotopic (exact) mass is 253 g/mol. The molecule has 0 bridgehead atoms. The van der Waals surface area contributed by atoms with Gasteiger partial charge in [-0.1, -0.05) is 6.92 Å². The Morgan fingerprint density at radius 3 is 2.53 bits per heavy atom. The first-order chi connectivity index (χ1) is 8.19. The largest absolute Gasteiger partial charge is 0.391 e. The molecule has 1 fully saturated rings. The van der Waals surface area contributed by atoms with E-state index < -0.39 is 0 Å². The quantitative estimate of drug-likeness (QED) is 0.889. The molecule has 1 aliphatic rings. The molecule has 1 atom stereocenters. The summed E-state index contributed by atoms with van der Waals surface area (Å²) in [4.78, 5) is 6.53. The van der Waals surface area contributed by atoms with Crippen LogP contribution in [0.5, 0.6) is 0 Å². The summed E-state index contributed by atoms with van der Waals surface area (Å²) in [6.07, 6.45) is 1.13. The van der Waals surface area contributed by atoms with Crippen LogP contribution in [0.4, 0.5) is 5.00 Å². The molecule has 1 aromatic heterocycles. The summed E-state index contributed by atoms with van der Waals surface area (Å²) in [5.74, 6) is 0. The lowest BCUT2D eigenvalue weighted by Gasteiger charge is -2.37. The van der Waals surface area contributed by atoms with Gasteiger partial charge in [0.15, 0.2) is 0 Å². The molecule has 3 nitrogen and oxygen atoms in total. The normalized spacial score (nSPS) is 20.6. The van der Waals surface area contributed by atoms with Gasteiger partial charge in [-0.15, -0.1) is 11.3 Å². The van der Waals surface area contributed by atoms with Gasteiger partial charge >= 0.3 is 0 Å².